The van der Waals surface area contributed by atoms with Crippen LogP contribution in [0.4, 0.5) is 5.82 Å². The van der Waals surface area contributed by atoms with Crippen molar-refractivity contribution in [3.05, 3.63) is 67.8 Å². The number of allylic oxidation sites excluding steroid dienone is 4. The number of hydrogen-bond acceptors (Lipinski definition) is 4. The fraction of sp³-hybridized carbons (Fsp3) is 0. The Bertz CT molecular complexity index is 630. The molecule has 4 nitrogen and oxygen atoms in total. The number of nitrogen functional groups attached to an aromatic ring is 1. The van der Waals surface area contributed by atoms with Gasteiger partial charge in [-0.3, -0.25) is 4.98 Å². The van der Waals surface area contributed by atoms with Crippen molar-refractivity contribution in [2.24, 2.45) is 0 Å². The summed E-state index contributed by atoms with van der Waals surface area (Å²) in [6.07, 6.45) is 10.2. The first-order valence-corrected chi connectivity index (χ1v) is 5.74. The van der Waals surface area contributed by atoms with Crippen LogP contribution < -0.4 is 5.73 Å². The highest BCUT2D eigenvalue weighted by Gasteiger charge is 2.08. The Hall–Kier alpha value is -2.75. The van der Waals surface area contributed by atoms with Gasteiger partial charge in [-0.2, -0.15) is 0 Å². The highest BCUT2D eigenvalue weighted by atomic mass is 14.9. The van der Waals surface area contributed by atoms with E-state index in [9.17, 15) is 0 Å². The van der Waals surface area contributed by atoms with E-state index in [1.54, 1.807) is 36.8 Å². The molecule has 0 radical (unpaired) electrons. The maximum absolute atomic E-state index is 5.87. The Morgan fingerprint density at radius 1 is 1.21 bits per heavy atom. The average Bonchev–Trinajstić information content (AvgIpc) is 2.46. The van der Waals surface area contributed by atoms with Crippen LogP contribution in [0.5, 0.6) is 0 Å². The monoisotopic (exact) mass is 250 g/mol. The van der Waals surface area contributed by atoms with Crippen LogP contribution in [0.1, 0.15) is 5.69 Å². The van der Waals surface area contributed by atoms with E-state index in [-0.39, 0.29) is 0 Å². The standard InChI is InChI=1S/C15H14N4/c1-3-5-11(4-2)14-15(16)18-10-13(19-14)12-6-8-17-9-7-12/h3-10H,1-2H2,(H2,16,18)/b11-5+. The van der Waals surface area contributed by atoms with Crippen molar-refractivity contribution in [2.75, 3.05) is 5.73 Å². The van der Waals surface area contributed by atoms with Gasteiger partial charge in [-0.05, 0) is 12.1 Å². The van der Waals surface area contributed by atoms with Crippen molar-refractivity contribution in [1.29, 1.82) is 0 Å². The van der Waals surface area contributed by atoms with E-state index in [2.05, 4.69) is 28.1 Å². The molecule has 2 heterocycles. The Morgan fingerprint density at radius 2 is 1.95 bits per heavy atom. The van der Waals surface area contributed by atoms with E-state index in [1.807, 2.05) is 12.1 Å². The highest BCUT2D eigenvalue weighted by Crippen LogP contribution is 2.23. The Labute approximate surface area is 112 Å². The van der Waals surface area contributed by atoms with Crippen LogP contribution in [0, 0.1) is 0 Å². The summed E-state index contributed by atoms with van der Waals surface area (Å²) in [7, 11) is 0. The minimum Gasteiger partial charge on any atom is -0.382 e. The van der Waals surface area contributed by atoms with E-state index < -0.39 is 0 Å². The van der Waals surface area contributed by atoms with Crippen LogP contribution in [0.15, 0.2) is 62.1 Å². The lowest BCUT2D eigenvalue weighted by molar-refractivity contribution is 1.18. The quantitative estimate of drug-likeness (QED) is 0.847. The molecule has 0 saturated heterocycles. The summed E-state index contributed by atoms with van der Waals surface area (Å²) in [4.78, 5) is 12.7. The molecule has 19 heavy (non-hydrogen) atoms. The molecule has 0 spiro atoms. The zero-order chi connectivity index (χ0) is 13.7. The molecular formula is C15H14N4. The van der Waals surface area contributed by atoms with Crippen LogP contribution in [0.3, 0.4) is 0 Å². The third kappa shape index (κ3) is 2.74. The van der Waals surface area contributed by atoms with Gasteiger partial charge in [0, 0.05) is 23.5 Å². The summed E-state index contributed by atoms with van der Waals surface area (Å²) in [5.41, 5.74) is 8.93. The maximum Gasteiger partial charge on any atom is 0.150 e. The fourth-order valence-corrected chi connectivity index (χ4v) is 1.64. The molecule has 0 bridgehead atoms. The van der Waals surface area contributed by atoms with Gasteiger partial charge in [0.25, 0.3) is 0 Å². The lowest BCUT2D eigenvalue weighted by Gasteiger charge is -2.07. The van der Waals surface area contributed by atoms with Gasteiger partial charge in [0.1, 0.15) is 11.5 Å². The smallest absolute Gasteiger partial charge is 0.150 e. The summed E-state index contributed by atoms with van der Waals surface area (Å²) in [6, 6.07) is 3.74. The molecule has 0 saturated carbocycles. The second kappa shape index (κ2) is 5.73. The molecule has 2 N–H and O–H groups in total. The normalized spacial score (nSPS) is 11.1. The van der Waals surface area contributed by atoms with Crippen LogP contribution in [-0.4, -0.2) is 15.0 Å². The van der Waals surface area contributed by atoms with Gasteiger partial charge in [0.2, 0.25) is 0 Å². The Kier molecular flexibility index (Phi) is 3.83. The van der Waals surface area contributed by atoms with Crippen LogP contribution >= 0.6 is 0 Å². The van der Waals surface area contributed by atoms with Gasteiger partial charge in [-0.25, -0.2) is 9.97 Å². The minimum absolute atomic E-state index is 0.366. The number of aromatic nitrogens is 3. The molecule has 0 unspecified atom stereocenters. The lowest BCUT2D eigenvalue weighted by Crippen LogP contribution is -2.01. The molecule has 0 atom stereocenters. The van der Waals surface area contributed by atoms with Gasteiger partial charge in [-0.15, -0.1) is 0 Å². The first-order valence-electron chi connectivity index (χ1n) is 5.74. The first-order chi connectivity index (χ1) is 9.26. The molecule has 0 amide bonds. The largest absolute Gasteiger partial charge is 0.382 e. The van der Waals surface area contributed by atoms with Gasteiger partial charge in [0.15, 0.2) is 0 Å². The van der Waals surface area contributed by atoms with Gasteiger partial charge < -0.3 is 5.73 Å². The van der Waals surface area contributed by atoms with Gasteiger partial charge >= 0.3 is 0 Å². The van der Waals surface area contributed by atoms with Crippen molar-refractivity contribution < 1.29 is 0 Å². The van der Waals surface area contributed by atoms with Gasteiger partial charge in [-0.1, -0.05) is 31.4 Å². The topological polar surface area (TPSA) is 64.7 Å². The molecular weight excluding hydrogens is 236 g/mol. The molecule has 0 aliphatic rings. The van der Waals surface area contributed by atoms with Gasteiger partial charge in [0.05, 0.1) is 11.9 Å². The second-order valence-electron chi connectivity index (χ2n) is 3.79. The second-order valence-corrected chi connectivity index (χ2v) is 3.79. The summed E-state index contributed by atoms with van der Waals surface area (Å²) >= 11 is 0. The summed E-state index contributed by atoms with van der Waals surface area (Å²) in [6.45, 7) is 7.41. The Morgan fingerprint density at radius 3 is 2.58 bits per heavy atom. The summed E-state index contributed by atoms with van der Waals surface area (Å²) < 4.78 is 0. The molecule has 94 valence electrons. The summed E-state index contributed by atoms with van der Waals surface area (Å²) in [5, 5.41) is 0. The van der Waals surface area contributed by atoms with Crippen LogP contribution in [0.25, 0.3) is 16.8 Å². The first kappa shape index (κ1) is 12.7. The van der Waals surface area contributed by atoms with Crippen LogP contribution in [-0.2, 0) is 0 Å². The zero-order valence-electron chi connectivity index (χ0n) is 10.5. The van der Waals surface area contributed by atoms with Crippen LogP contribution in [0.2, 0.25) is 0 Å². The van der Waals surface area contributed by atoms with Crippen molar-refractivity contribution >= 4 is 11.4 Å². The molecule has 2 aromatic heterocycles. The predicted octanol–water partition coefficient (Wildman–Crippen LogP) is 2.88. The molecule has 2 aromatic rings. The average molecular weight is 250 g/mol. The molecule has 0 fully saturated rings. The fourth-order valence-electron chi connectivity index (χ4n) is 1.64. The van der Waals surface area contributed by atoms with Crippen molar-refractivity contribution in [3.63, 3.8) is 0 Å². The number of hydrogen-bond donors (Lipinski definition) is 1. The summed E-state index contributed by atoms with van der Waals surface area (Å²) in [5.74, 6) is 0.366. The third-order valence-corrected chi connectivity index (χ3v) is 2.57. The zero-order valence-corrected chi connectivity index (χ0v) is 10.5. The van der Waals surface area contributed by atoms with E-state index in [1.165, 1.54) is 0 Å². The highest BCUT2D eigenvalue weighted by molar-refractivity contribution is 5.79. The Balaban J connectivity index is 2.54. The van der Waals surface area contributed by atoms with E-state index in [0.29, 0.717) is 11.5 Å². The molecule has 0 aliphatic heterocycles. The van der Waals surface area contributed by atoms with Crippen molar-refractivity contribution in [1.82, 2.24) is 15.0 Å². The van der Waals surface area contributed by atoms with E-state index >= 15 is 0 Å². The number of rotatable bonds is 4. The van der Waals surface area contributed by atoms with E-state index in [0.717, 1.165) is 16.8 Å². The SMILES string of the molecule is C=C/C=C(\C=C)c1nc(-c2ccncc2)cnc1N. The maximum atomic E-state index is 5.87. The number of pyridine rings is 1. The number of anilines is 1. The lowest BCUT2D eigenvalue weighted by atomic mass is 10.1. The minimum atomic E-state index is 0.366. The van der Waals surface area contributed by atoms with Crippen molar-refractivity contribution in [3.8, 4) is 11.3 Å². The predicted molar refractivity (Wildman–Crippen MR) is 78.0 cm³/mol. The van der Waals surface area contributed by atoms with Crippen molar-refractivity contribution in [2.45, 2.75) is 0 Å². The van der Waals surface area contributed by atoms with E-state index in [4.69, 9.17) is 5.73 Å². The molecule has 0 aliphatic carbocycles. The molecule has 0 aromatic carbocycles. The molecule has 4 heteroatoms. The molecule has 2 rings (SSSR count). The number of nitrogens with zero attached hydrogens (tertiary/aromatic N) is 3. The number of nitrogens with two attached hydrogens (primary N) is 1. The third-order valence-electron chi connectivity index (χ3n) is 2.57.